The van der Waals surface area contributed by atoms with Crippen LogP contribution in [-0.4, -0.2) is 22.7 Å². The molecule has 31 heavy (non-hydrogen) atoms. The first-order chi connectivity index (χ1) is 15.0. The van der Waals surface area contributed by atoms with Crippen molar-refractivity contribution in [2.45, 2.75) is 64.4 Å². The summed E-state index contributed by atoms with van der Waals surface area (Å²) >= 11 is 1.99. The zero-order valence-corrected chi connectivity index (χ0v) is 20.4. The van der Waals surface area contributed by atoms with Crippen molar-refractivity contribution in [2.24, 2.45) is 0 Å². The van der Waals surface area contributed by atoms with Crippen LogP contribution in [0.3, 0.4) is 0 Å². The van der Waals surface area contributed by atoms with E-state index in [0.717, 1.165) is 30.8 Å². The number of hydrogen-bond donors (Lipinski definition) is 0. The highest BCUT2D eigenvalue weighted by Crippen LogP contribution is 2.39. The second-order valence-corrected chi connectivity index (χ2v) is 9.79. The van der Waals surface area contributed by atoms with Crippen LogP contribution in [0.4, 0.5) is 0 Å². The highest BCUT2D eigenvalue weighted by atomic mass is 32.2. The van der Waals surface area contributed by atoms with Crippen LogP contribution in [0.1, 0.15) is 59.8 Å². The summed E-state index contributed by atoms with van der Waals surface area (Å²) in [6, 6.07) is 18.4. The third-order valence-corrected chi connectivity index (χ3v) is 7.80. The lowest BCUT2D eigenvalue weighted by Crippen LogP contribution is -2.27. The minimum absolute atomic E-state index is 0.475. The Kier molecular flexibility index (Phi) is 6.83. The molecule has 0 spiro atoms. The molecule has 1 aliphatic heterocycles. The largest absolute Gasteiger partial charge is 0.295 e. The molecule has 0 aliphatic carbocycles. The van der Waals surface area contributed by atoms with Gasteiger partial charge in [-0.1, -0.05) is 50.2 Å². The Bertz CT molecular complexity index is 1030. The lowest BCUT2D eigenvalue weighted by atomic mass is 9.93. The molecule has 0 N–H and O–H groups in total. The number of rotatable bonds is 6. The zero-order valence-electron chi connectivity index (χ0n) is 19.5. The predicted molar refractivity (Wildman–Crippen MR) is 134 cm³/mol. The molecule has 1 atom stereocenters. The van der Waals surface area contributed by atoms with Crippen molar-refractivity contribution in [3.63, 3.8) is 0 Å². The first-order valence-corrected chi connectivity index (χ1v) is 12.5. The van der Waals surface area contributed by atoms with Crippen molar-refractivity contribution < 1.29 is 0 Å². The minimum atomic E-state index is 0.475. The van der Waals surface area contributed by atoms with Crippen molar-refractivity contribution in [3.05, 3.63) is 82.0 Å². The lowest BCUT2D eigenvalue weighted by Gasteiger charge is -2.33. The van der Waals surface area contributed by atoms with Crippen molar-refractivity contribution in [1.29, 1.82) is 0 Å². The van der Waals surface area contributed by atoms with E-state index in [1.165, 1.54) is 50.4 Å². The van der Waals surface area contributed by atoms with Gasteiger partial charge in [-0.25, -0.2) is 0 Å². The zero-order chi connectivity index (χ0) is 22.0. The Balaban J connectivity index is 1.66. The smallest absolute Gasteiger partial charge is 0.0713 e. The van der Waals surface area contributed by atoms with E-state index in [9.17, 15) is 0 Å². The summed E-state index contributed by atoms with van der Waals surface area (Å²) < 4.78 is 0. The monoisotopic (exact) mass is 430 g/mol. The van der Waals surface area contributed by atoms with Gasteiger partial charge in [0, 0.05) is 28.7 Å². The normalized spacial score (nSPS) is 15.9. The van der Waals surface area contributed by atoms with Crippen LogP contribution in [0.5, 0.6) is 0 Å². The van der Waals surface area contributed by atoms with E-state index in [2.05, 4.69) is 88.2 Å². The molecule has 2 nitrogen and oxygen atoms in total. The standard InChI is InChI=1S/C28H34N2S/c1-6-21-11-10-12-22(7-2)28(21)25-17-19(3)24(20(4)29-25)18-30(5)26-15-16-31-27-14-9-8-13-23(26)27/h8-14,17,26H,6-7,15-16,18H2,1-5H3. The Morgan fingerprint density at radius 1 is 1.00 bits per heavy atom. The molecule has 0 amide bonds. The third kappa shape index (κ3) is 4.44. The summed E-state index contributed by atoms with van der Waals surface area (Å²) in [5.74, 6) is 1.19. The molecule has 162 valence electrons. The van der Waals surface area contributed by atoms with Crippen LogP contribution in [0.2, 0.25) is 0 Å². The Morgan fingerprint density at radius 3 is 2.39 bits per heavy atom. The number of thioether (sulfide) groups is 1. The summed E-state index contributed by atoms with van der Waals surface area (Å²) in [6.07, 6.45) is 3.27. The van der Waals surface area contributed by atoms with Crippen LogP contribution in [0, 0.1) is 13.8 Å². The molecule has 0 bridgehead atoms. The van der Waals surface area contributed by atoms with Gasteiger partial charge < -0.3 is 0 Å². The summed E-state index contributed by atoms with van der Waals surface area (Å²) in [7, 11) is 2.27. The highest BCUT2D eigenvalue weighted by Gasteiger charge is 2.25. The Morgan fingerprint density at radius 2 is 1.71 bits per heavy atom. The first-order valence-electron chi connectivity index (χ1n) is 11.5. The van der Waals surface area contributed by atoms with Crippen LogP contribution < -0.4 is 0 Å². The number of aromatic nitrogens is 1. The van der Waals surface area contributed by atoms with Gasteiger partial charge in [0.05, 0.1) is 5.69 Å². The van der Waals surface area contributed by atoms with E-state index < -0.39 is 0 Å². The van der Waals surface area contributed by atoms with Gasteiger partial charge in [-0.2, -0.15) is 0 Å². The molecular formula is C28H34N2S. The Hall–Kier alpha value is -2.10. The fraction of sp³-hybridized carbons (Fsp3) is 0.393. The summed E-state index contributed by atoms with van der Waals surface area (Å²) in [5.41, 5.74) is 10.6. The van der Waals surface area contributed by atoms with Gasteiger partial charge in [0.15, 0.2) is 0 Å². The summed E-state index contributed by atoms with van der Waals surface area (Å²) in [5, 5.41) is 0. The molecule has 0 saturated carbocycles. The lowest BCUT2D eigenvalue weighted by molar-refractivity contribution is 0.226. The van der Waals surface area contributed by atoms with Crippen molar-refractivity contribution in [2.75, 3.05) is 12.8 Å². The number of hydrogen-bond acceptors (Lipinski definition) is 3. The van der Waals surface area contributed by atoms with Gasteiger partial charge in [-0.15, -0.1) is 11.8 Å². The predicted octanol–water partition coefficient (Wildman–Crippen LogP) is 7.16. The molecule has 2 heterocycles. The number of fused-ring (bicyclic) bond motifs is 1. The van der Waals surface area contributed by atoms with Crippen molar-refractivity contribution >= 4 is 11.8 Å². The Labute approximate surface area is 192 Å². The molecule has 0 saturated heterocycles. The second-order valence-electron chi connectivity index (χ2n) is 8.65. The number of benzene rings is 2. The highest BCUT2D eigenvalue weighted by molar-refractivity contribution is 7.99. The molecule has 1 unspecified atom stereocenters. The average molecular weight is 431 g/mol. The number of pyridine rings is 1. The van der Waals surface area contributed by atoms with Gasteiger partial charge in [-0.05, 0) is 85.9 Å². The molecule has 1 aromatic heterocycles. The van der Waals surface area contributed by atoms with E-state index in [1.807, 2.05) is 11.8 Å². The van der Waals surface area contributed by atoms with E-state index in [0.29, 0.717) is 6.04 Å². The van der Waals surface area contributed by atoms with Crippen LogP contribution in [-0.2, 0) is 19.4 Å². The second kappa shape index (κ2) is 9.58. The fourth-order valence-corrected chi connectivity index (χ4v) is 6.04. The van der Waals surface area contributed by atoms with Crippen LogP contribution in [0.25, 0.3) is 11.3 Å². The quantitative estimate of drug-likeness (QED) is 0.413. The topological polar surface area (TPSA) is 16.1 Å². The van der Waals surface area contributed by atoms with Crippen molar-refractivity contribution in [3.8, 4) is 11.3 Å². The maximum atomic E-state index is 5.13. The molecular weight excluding hydrogens is 396 g/mol. The maximum Gasteiger partial charge on any atom is 0.0713 e. The third-order valence-electron chi connectivity index (χ3n) is 6.68. The van der Waals surface area contributed by atoms with E-state index in [-0.39, 0.29) is 0 Å². The van der Waals surface area contributed by atoms with E-state index in [1.54, 1.807) is 0 Å². The average Bonchev–Trinajstić information content (AvgIpc) is 2.80. The molecule has 3 heteroatoms. The summed E-state index contributed by atoms with van der Waals surface area (Å²) in [4.78, 5) is 9.09. The molecule has 1 aliphatic rings. The molecule has 0 radical (unpaired) electrons. The van der Waals surface area contributed by atoms with Gasteiger partial charge in [0.1, 0.15) is 0 Å². The SMILES string of the molecule is CCc1cccc(CC)c1-c1cc(C)c(CN(C)C2CCSc3ccccc32)c(C)n1. The van der Waals surface area contributed by atoms with Crippen LogP contribution >= 0.6 is 11.8 Å². The van der Waals surface area contributed by atoms with E-state index in [4.69, 9.17) is 4.98 Å². The van der Waals surface area contributed by atoms with Crippen molar-refractivity contribution in [1.82, 2.24) is 9.88 Å². The van der Waals surface area contributed by atoms with Gasteiger partial charge in [0.25, 0.3) is 0 Å². The van der Waals surface area contributed by atoms with Gasteiger partial charge in [-0.3, -0.25) is 9.88 Å². The maximum absolute atomic E-state index is 5.13. The first kappa shape index (κ1) is 22.1. The molecule has 4 rings (SSSR count). The molecule has 0 fully saturated rings. The van der Waals surface area contributed by atoms with Gasteiger partial charge >= 0.3 is 0 Å². The van der Waals surface area contributed by atoms with Gasteiger partial charge in [0.2, 0.25) is 0 Å². The molecule has 3 aromatic rings. The number of aryl methyl sites for hydroxylation is 4. The molecule has 2 aromatic carbocycles. The van der Waals surface area contributed by atoms with E-state index >= 15 is 0 Å². The fourth-order valence-electron chi connectivity index (χ4n) is 4.94. The van der Waals surface area contributed by atoms with Crippen LogP contribution in [0.15, 0.2) is 53.4 Å². The summed E-state index contributed by atoms with van der Waals surface area (Å²) in [6.45, 7) is 9.85. The number of nitrogens with zero attached hydrogens (tertiary/aromatic N) is 2. The minimum Gasteiger partial charge on any atom is -0.295 e.